The van der Waals surface area contributed by atoms with Crippen LogP contribution >= 0.6 is 0 Å². The van der Waals surface area contributed by atoms with E-state index in [9.17, 15) is 0 Å². The number of unbranched alkanes of at least 4 members (excludes halogenated alkanes) is 3. The lowest BCUT2D eigenvalue weighted by molar-refractivity contribution is 0.0285. The lowest BCUT2D eigenvalue weighted by Crippen LogP contribution is -2.16. The predicted molar refractivity (Wildman–Crippen MR) is 121 cm³/mol. The van der Waals surface area contributed by atoms with Gasteiger partial charge in [-0.15, -0.1) is 12.3 Å². The molecule has 1 atom stereocenters. The Labute approximate surface area is 176 Å². The van der Waals surface area contributed by atoms with Crippen molar-refractivity contribution in [2.24, 2.45) is 17.8 Å². The topological polar surface area (TPSA) is 29.5 Å². The summed E-state index contributed by atoms with van der Waals surface area (Å²) in [5.41, 5.74) is 0. The van der Waals surface area contributed by atoms with E-state index in [2.05, 4.69) is 26.7 Å². The minimum Gasteiger partial charge on any atom is -0.393 e. The molecule has 1 heterocycles. The first-order valence-electron chi connectivity index (χ1n) is 12.3. The Morgan fingerprint density at radius 1 is 0.929 bits per heavy atom. The molecule has 3 rings (SSSR count). The van der Waals surface area contributed by atoms with Gasteiger partial charge in [-0.2, -0.15) is 0 Å². The highest BCUT2D eigenvalue weighted by Crippen LogP contribution is 2.34. The van der Waals surface area contributed by atoms with Crippen LogP contribution in [0.5, 0.6) is 0 Å². The molecule has 3 aliphatic rings. The van der Waals surface area contributed by atoms with Crippen molar-refractivity contribution in [2.75, 3.05) is 6.61 Å². The van der Waals surface area contributed by atoms with Gasteiger partial charge in [-0.3, -0.25) is 0 Å². The van der Waals surface area contributed by atoms with Crippen LogP contribution in [0.2, 0.25) is 0 Å². The van der Waals surface area contributed by atoms with Gasteiger partial charge >= 0.3 is 0 Å². The summed E-state index contributed by atoms with van der Waals surface area (Å²) >= 11 is 0. The second-order valence-electron chi connectivity index (χ2n) is 9.68. The third kappa shape index (κ3) is 15.4. The largest absolute Gasteiger partial charge is 0.393 e. The molecule has 0 bridgehead atoms. The molecule has 0 aromatic rings. The van der Waals surface area contributed by atoms with Gasteiger partial charge in [0.15, 0.2) is 0 Å². The number of ether oxygens (including phenoxy) is 1. The molecule has 0 spiro atoms. The van der Waals surface area contributed by atoms with Crippen molar-refractivity contribution in [3.05, 3.63) is 0 Å². The molecule has 1 saturated heterocycles. The fraction of sp³-hybridized carbons (Fsp3) is 0.923. The highest BCUT2D eigenvalue weighted by Gasteiger charge is 2.19. The Morgan fingerprint density at radius 3 is 2.07 bits per heavy atom. The highest BCUT2D eigenvalue weighted by molar-refractivity contribution is 4.95. The monoisotopic (exact) mass is 392 g/mol. The summed E-state index contributed by atoms with van der Waals surface area (Å²) in [6, 6.07) is 0. The molecular weight excluding hydrogens is 344 g/mol. The summed E-state index contributed by atoms with van der Waals surface area (Å²) in [5.74, 6) is 5.21. The molecular formula is C26H48O2. The first-order chi connectivity index (χ1) is 13.5. The molecule has 2 saturated carbocycles. The number of terminal acetylenes is 1. The van der Waals surface area contributed by atoms with Gasteiger partial charge in [-0.05, 0) is 63.7 Å². The van der Waals surface area contributed by atoms with E-state index in [1.807, 2.05) is 0 Å². The number of hydrogen-bond donors (Lipinski definition) is 1. The SMILES string of the molecule is C#CC1CCC(O)CC1.CC(C)CCCCCCC1CC1.CC1CCCCO1. The van der Waals surface area contributed by atoms with E-state index in [4.69, 9.17) is 16.3 Å². The van der Waals surface area contributed by atoms with Crippen LogP contribution in [-0.2, 0) is 4.74 Å². The maximum Gasteiger partial charge on any atom is 0.0547 e. The van der Waals surface area contributed by atoms with Gasteiger partial charge in [-0.25, -0.2) is 0 Å². The van der Waals surface area contributed by atoms with E-state index >= 15 is 0 Å². The van der Waals surface area contributed by atoms with Crippen LogP contribution in [0.25, 0.3) is 0 Å². The van der Waals surface area contributed by atoms with Crippen LogP contribution in [0.4, 0.5) is 0 Å². The average molecular weight is 393 g/mol. The van der Waals surface area contributed by atoms with Crippen LogP contribution < -0.4 is 0 Å². The molecule has 0 radical (unpaired) electrons. The normalized spacial score (nSPS) is 27.1. The molecule has 2 nitrogen and oxygen atoms in total. The Hall–Kier alpha value is -0.520. The summed E-state index contributed by atoms with van der Waals surface area (Å²) in [5, 5.41) is 9.05. The van der Waals surface area contributed by atoms with Crippen LogP contribution in [0.1, 0.15) is 117 Å². The number of aliphatic hydroxyl groups is 1. The van der Waals surface area contributed by atoms with Gasteiger partial charge in [-0.1, -0.05) is 65.2 Å². The maximum absolute atomic E-state index is 9.05. The van der Waals surface area contributed by atoms with E-state index in [0.717, 1.165) is 44.1 Å². The fourth-order valence-corrected chi connectivity index (χ4v) is 3.89. The summed E-state index contributed by atoms with van der Waals surface area (Å²) < 4.78 is 5.28. The van der Waals surface area contributed by atoms with E-state index < -0.39 is 0 Å². The van der Waals surface area contributed by atoms with E-state index in [-0.39, 0.29) is 6.10 Å². The molecule has 3 fully saturated rings. The van der Waals surface area contributed by atoms with Crippen LogP contribution in [0.15, 0.2) is 0 Å². The van der Waals surface area contributed by atoms with Gasteiger partial charge in [0.05, 0.1) is 12.2 Å². The zero-order chi connectivity index (χ0) is 20.6. The minimum atomic E-state index is -0.0744. The third-order valence-corrected chi connectivity index (χ3v) is 6.18. The van der Waals surface area contributed by atoms with Gasteiger partial charge in [0.1, 0.15) is 0 Å². The molecule has 0 aromatic heterocycles. The Morgan fingerprint density at radius 2 is 1.61 bits per heavy atom. The summed E-state index contributed by atoms with van der Waals surface area (Å²) in [6.45, 7) is 7.77. The molecule has 1 aliphatic heterocycles. The van der Waals surface area contributed by atoms with Crippen LogP contribution in [0.3, 0.4) is 0 Å². The first kappa shape index (κ1) is 25.5. The van der Waals surface area contributed by atoms with Crippen molar-refractivity contribution >= 4 is 0 Å². The van der Waals surface area contributed by atoms with Crippen molar-refractivity contribution in [1.82, 2.24) is 0 Å². The van der Waals surface area contributed by atoms with Crippen molar-refractivity contribution < 1.29 is 9.84 Å². The van der Waals surface area contributed by atoms with Gasteiger partial charge < -0.3 is 9.84 Å². The number of hydrogen-bond acceptors (Lipinski definition) is 2. The van der Waals surface area contributed by atoms with E-state index in [1.54, 1.807) is 0 Å². The minimum absolute atomic E-state index is 0.0744. The van der Waals surface area contributed by atoms with Crippen molar-refractivity contribution in [1.29, 1.82) is 0 Å². The Bertz CT molecular complexity index is 374. The fourth-order valence-electron chi connectivity index (χ4n) is 3.89. The second kappa shape index (κ2) is 16.3. The van der Waals surface area contributed by atoms with Crippen LogP contribution in [0, 0.1) is 30.1 Å². The molecule has 1 N–H and O–H groups in total. The standard InChI is InChI=1S/C12H24.C8H12O.C6H12O/c1-11(2)7-5-3-4-6-8-12-9-10-12;1-2-7-3-5-8(9)6-4-7;1-6-4-2-3-5-7-6/h11-12H,3-10H2,1-2H3;1,7-9H,3-6H2;6H,2-5H2,1H3. The Balaban J connectivity index is 0.000000218. The van der Waals surface area contributed by atoms with Gasteiger partial charge in [0.25, 0.3) is 0 Å². The lowest BCUT2D eigenvalue weighted by Gasteiger charge is -2.20. The summed E-state index contributed by atoms with van der Waals surface area (Å²) in [7, 11) is 0. The number of rotatable bonds is 7. The van der Waals surface area contributed by atoms with E-state index in [0.29, 0.717) is 12.0 Å². The maximum atomic E-state index is 9.05. The summed E-state index contributed by atoms with van der Waals surface area (Å²) in [6.07, 6.45) is 25.4. The predicted octanol–water partition coefficient (Wildman–Crippen LogP) is 7.14. The Kier molecular flexibility index (Phi) is 14.9. The quantitative estimate of drug-likeness (QED) is 0.368. The van der Waals surface area contributed by atoms with E-state index in [1.165, 1.54) is 70.6 Å². The smallest absolute Gasteiger partial charge is 0.0547 e. The molecule has 164 valence electrons. The molecule has 1 unspecified atom stereocenters. The van der Waals surface area contributed by atoms with Gasteiger partial charge in [0.2, 0.25) is 0 Å². The zero-order valence-corrected chi connectivity index (χ0v) is 19.1. The zero-order valence-electron chi connectivity index (χ0n) is 19.1. The second-order valence-corrected chi connectivity index (χ2v) is 9.68. The molecule has 28 heavy (non-hydrogen) atoms. The van der Waals surface area contributed by atoms with Gasteiger partial charge in [0, 0.05) is 12.5 Å². The molecule has 0 aromatic carbocycles. The average Bonchev–Trinajstić information content (AvgIpc) is 3.51. The van der Waals surface area contributed by atoms with Crippen molar-refractivity contribution in [2.45, 2.75) is 129 Å². The molecule has 2 aliphatic carbocycles. The lowest BCUT2D eigenvalue weighted by atomic mass is 9.88. The van der Waals surface area contributed by atoms with Crippen LogP contribution in [-0.4, -0.2) is 23.9 Å². The first-order valence-corrected chi connectivity index (χ1v) is 12.3. The van der Waals surface area contributed by atoms with Crippen molar-refractivity contribution in [3.63, 3.8) is 0 Å². The molecule has 2 heteroatoms. The van der Waals surface area contributed by atoms with Crippen molar-refractivity contribution in [3.8, 4) is 12.3 Å². The number of aliphatic hydroxyl groups excluding tert-OH is 1. The highest BCUT2D eigenvalue weighted by atomic mass is 16.5. The molecule has 0 amide bonds. The summed E-state index contributed by atoms with van der Waals surface area (Å²) in [4.78, 5) is 0. The third-order valence-electron chi connectivity index (χ3n) is 6.18.